The summed E-state index contributed by atoms with van der Waals surface area (Å²) in [7, 11) is 1.89. The predicted octanol–water partition coefficient (Wildman–Crippen LogP) is 7.37. The lowest BCUT2D eigenvalue weighted by atomic mass is 9.73. The Bertz CT molecular complexity index is 2240. The molecule has 54 heavy (non-hydrogen) atoms. The molecule has 2 aliphatic heterocycles. The molecule has 280 valence electrons. The summed E-state index contributed by atoms with van der Waals surface area (Å²) in [5.74, 6) is -0.0751. The number of anilines is 3. The van der Waals surface area contributed by atoms with Crippen LogP contribution in [0.2, 0.25) is 5.02 Å². The van der Waals surface area contributed by atoms with Gasteiger partial charge in [-0.2, -0.15) is 0 Å². The molecule has 13 heteroatoms. The molecule has 2 aromatic carbocycles. The number of aliphatic carboxylic acids is 1. The molecule has 1 aliphatic carbocycles. The molecule has 3 aliphatic rings. The Morgan fingerprint density at radius 2 is 1.74 bits per heavy atom. The van der Waals surface area contributed by atoms with Gasteiger partial charge in [0.15, 0.2) is 11.6 Å². The number of fused-ring (bicyclic) bond motifs is 2. The number of pyridine rings is 1. The van der Waals surface area contributed by atoms with E-state index in [9.17, 15) is 14.7 Å². The Kier molecular flexibility index (Phi) is 9.84. The summed E-state index contributed by atoms with van der Waals surface area (Å²) in [5, 5.41) is 16.6. The number of aromatic nitrogens is 5. The molecule has 5 aromatic rings. The molecular weight excluding hydrogens is 702 g/mol. The molecule has 0 spiro atoms. The van der Waals surface area contributed by atoms with Crippen molar-refractivity contribution in [3.05, 3.63) is 88.4 Å². The Hall–Kier alpha value is -4.91. The number of carbonyl (C=O) groups excluding carboxylic acids is 1. The van der Waals surface area contributed by atoms with Gasteiger partial charge in [-0.25, -0.2) is 15.0 Å². The summed E-state index contributed by atoms with van der Waals surface area (Å²) >= 11 is 7.06. The van der Waals surface area contributed by atoms with Crippen molar-refractivity contribution >= 4 is 51.7 Å². The average molecular weight is 748 g/mol. The fourth-order valence-electron chi connectivity index (χ4n) is 8.45. The van der Waals surface area contributed by atoms with Crippen LogP contribution in [-0.4, -0.2) is 77.0 Å². The van der Waals surface area contributed by atoms with Crippen molar-refractivity contribution in [3.63, 3.8) is 0 Å². The second-order valence-electron chi connectivity index (χ2n) is 15.3. The number of imidazole rings is 1. The highest BCUT2D eigenvalue weighted by atomic mass is 35.5. The quantitative estimate of drug-likeness (QED) is 0.140. The van der Waals surface area contributed by atoms with Gasteiger partial charge in [-0.1, -0.05) is 35.9 Å². The number of carbonyl (C=O) groups is 2. The zero-order chi connectivity index (χ0) is 37.6. The first-order valence-electron chi connectivity index (χ1n) is 18.9. The molecule has 3 aromatic heterocycles. The smallest absolute Gasteiger partial charge is 0.309 e. The molecule has 0 radical (unpaired) electrons. The second-order valence-corrected chi connectivity index (χ2v) is 15.7. The Morgan fingerprint density at radius 3 is 2.50 bits per heavy atom. The molecule has 1 saturated carbocycles. The molecule has 8 rings (SSSR count). The third-order valence-electron chi connectivity index (χ3n) is 11.8. The molecule has 0 unspecified atom stereocenters. The lowest BCUT2D eigenvalue weighted by Crippen LogP contribution is -2.44. The van der Waals surface area contributed by atoms with Gasteiger partial charge in [0.05, 0.1) is 27.3 Å². The van der Waals surface area contributed by atoms with E-state index in [1.807, 2.05) is 62.0 Å². The number of rotatable bonds is 9. The monoisotopic (exact) mass is 747 g/mol. The van der Waals surface area contributed by atoms with Crippen molar-refractivity contribution in [2.24, 2.45) is 12.5 Å². The summed E-state index contributed by atoms with van der Waals surface area (Å²) in [6.45, 7) is 8.50. The van der Waals surface area contributed by atoms with E-state index in [0.29, 0.717) is 53.3 Å². The minimum Gasteiger partial charge on any atom is -0.481 e. The first-order valence-corrected chi connectivity index (χ1v) is 19.3. The summed E-state index contributed by atoms with van der Waals surface area (Å²) in [4.78, 5) is 49.0. The van der Waals surface area contributed by atoms with Crippen LogP contribution in [0.1, 0.15) is 78.6 Å². The normalized spacial score (nSPS) is 20.6. The molecular formula is C41H46ClN9O3. The lowest BCUT2D eigenvalue weighted by Gasteiger charge is -2.41. The summed E-state index contributed by atoms with van der Waals surface area (Å²) < 4.78 is 1.89. The van der Waals surface area contributed by atoms with E-state index in [1.165, 1.54) is 12.8 Å². The van der Waals surface area contributed by atoms with E-state index in [0.717, 1.165) is 90.3 Å². The van der Waals surface area contributed by atoms with Gasteiger partial charge in [-0.3, -0.25) is 24.4 Å². The molecule has 3 N–H and O–H groups in total. The first-order chi connectivity index (χ1) is 26.1. The Labute approximate surface area is 320 Å². The van der Waals surface area contributed by atoms with Crippen LogP contribution in [0.3, 0.4) is 0 Å². The van der Waals surface area contributed by atoms with Crippen LogP contribution in [0.4, 0.5) is 17.2 Å². The van der Waals surface area contributed by atoms with Gasteiger partial charge in [0.25, 0.3) is 5.91 Å². The third-order valence-corrected chi connectivity index (χ3v) is 12.2. The number of hydrogen-bond acceptors (Lipinski definition) is 9. The number of carboxylic acid groups (broad SMARTS) is 1. The molecule has 12 nitrogen and oxygen atoms in total. The number of carboxylic acids is 1. The highest BCUT2D eigenvalue weighted by molar-refractivity contribution is 6.36. The van der Waals surface area contributed by atoms with Crippen LogP contribution in [0, 0.1) is 12.3 Å². The van der Waals surface area contributed by atoms with Gasteiger partial charge < -0.3 is 20.3 Å². The number of nitrogens with zero attached hydrogens (tertiary/aromatic N) is 7. The van der Waals surface area contributed by atoms with Crippen LogP contribution < -0.4 is 10.6 Å². The van der Waals surface area contributed by atoms with Gasteiger partial charge in [-0.15, -0.1) is 0 Å². The average Bonchev–Trinajstić information content (AvgIpc) is 3.81. The lowest BCUT2D eigenvalue weighted by molar-refractivity contribution is -0.150. The van der Waals surface area contributed by atoms with Crippen molar-refractivity contribution in [2.45, 2.75) is 77.9 Å². The van der Waals surface area contributed by atoms with Crippen LogP contribution in [0.5, 0.6) is 0 Å². The number of nitrogens with one attached hydrogen (secondary N) is 2. The SMILES string of the molecule is Cc1c(Nc2ncnc3cc(CN4CCCC4)cnc23)cccc1-c1cccc(NC(=O)c2nc3c(n2C)CCN(C2CCC(C)(C(=O)O)CC2)C3)c1Cl. The number of likely N-dealkylation sites (tertiary alicyclic amines) is 1. The van der Waals surface area contributed by atoms with Crippen LogP contribution in [0.25, 0.3) is 22.2 Å². The van der Waals surface area contributed by atoms with Crippen molar-refractivity contribution in [2.75, 3.05) is 30.3 Å². The Balaban J connectivity index is 0.979. The molecule has 2 fully saturated rings. The van der Waals surface area contributed by atoms with Crippen LogP contribution in [-0.2, 0) is 31.4 Å². The van der Waals surface area contributed by atoms with Crippen molar-refractivity contribution in [1.29, 1.82) is 0 Å². The summed E-state index contributed by atoms with van der Waals surface area (Å²) in [6.07, 6.45) is 9.78. The minimum atomic E-state index is -0.708. The van der Waals surface area contributed by atoms with Crippen molar-refractivity contribution in [3.8, 4) is 11.1 Å². The van der Waals surface area contributed by atoms with E-state index in [2.05, 4.69) is 36.5 Å². The third kappa shape index (κ3) is 6.94. The number of halogens is 1. The summed E-state index contributed by atoms with van der Waals surface area (Å²) in [5.41, 5.74) is 7.97. The second kappa shape index (κ2) is 14.7. The molecule has 1 saturated heterocycles. The number of amides is 1. The molecule has 1 amide bonds. The van der Waals surface area contributed by atoms with Gasteiger partial charge >= 0.3 is 5.97 Å². The van der Waals surface area contributed by atoms with Crippen molar-refractivity contribution < 1.29 is 14.7 Å². The van der Waals surface area contributed by atoms with E-state index >= 15 is 0 Å². The molecule has 0 bridgehead atoms. The Morgan fingerprint density at radius 1 is 1.00 bits per heavy atom. The first kappa shape index (κ1) is 36.1. The topological polar surface area (TPSA) is 141 Å². The highest BCUT2D eigenvalue weighted by Gasteiger charge is 2.40. The zero-order valence-corrected chi connectivity index (χ0v) is 31.8. The van der Waals surface area contributed by atoms with Gasteiger partial charge in [0, 0.05) is 62.3 Å². The van der Waals surface area contributed by atoms with Crippen LogP contribution >= 0.6 is 11.6 Å². The fraction of sp³-hybridized carbons (Fsp3) is 0.415. The predicted molar refractivity (Wildman–Crippen MR) is 210 cm³/mol. The van der Waals surface area contributed by atoms with E-state index < -0.39 is 11.4 Å². The molecule has 0 atom stereocenters. The standard InChI is InChI=1S/C41H46ClN9O3/c1-25-28(8-6-10-30(25)46-37-36-32(44-24-45-37)20-26(21-43-36)22-50-17-4-5-18-50)29-9-7-11-31(35(29)42)48-39(52)38-47-33-23-51(19-14-34(33)49(38)3)27-12-15-41(2,16-13-27)40(53)54/h6-11,20-21,24,27H,4-5,12-19,22-23H2,1-3H3,(H,48,52)(H,53,54)(H,44,45,46). The van der Waals surface area contributed by atoms with Gasteiger partial charge in [0.1, 0.15) is 11.8 Å². The van der Waals surface area contributed by atoms with E-state index in [1.54, 1.807) is 12.4 Å². The maximum absolute atomic E-state index is 13.8. The van der Waals surface area contributed by atoms with Crippen LogP contribution in [0.15, 0.2) is 55.0 Å². The maximum Gasteiger partial charge on any atom is 0.309 e. The summed E-state index contributed by atoms with van der Waals surface area (Å²) in [6, 6.07) is 14.0. The van der Waals surface area contributed by atoms with Gasteiger partial charge in [0.2, 0.25) is 0 Å². The number of hydrogen-bond donors (Lipinski definition) is 3. The fourth-order valence-corrected chi connectivity index (χ4v) is 8.72. The largest absolute Gasteiger partial charge is 0.481 e. The van der Waals surface area contributed by atoms with E-state index in [4.69, 9.17) is 21.6 Å². The highest BCUT2D eigenvalue weighted by Crippen LogP contribution is 2.40. The maximum atomic E-state index is 13.8. The minimum absolute atomic E-state index is 0.318. The van der Waals surface area contributed by atoms with Crippen molar-refractivity contribution in [1.82, 2.24) is 34.3 Å². The van der Waals surface area contributed by atoms with E-state index in [-0.39, 0.29) is 5.91 Å². The zero-order valence-electron chi connectivity index (χ0n) is 31.0. The molecule has 5 heterocycles. The number of benzene rings is 2. The van der Waals surface area contributed by atoms with Gasteiger partial charge in [-0.05, 0) is 100 Å².